The maximum absolute atomic E-state index is 11.7. The lowest BCUT2D eigenvalue weighted by atomic mass is 9.80. The number of carbonyl (C=O) groups is 1. The van der Waals surface area contributed by atoms with Gasteiger partial charge in [0, 0.05) is 30.0 Å². The van der Waals surface area contributed by atoms with Gasteiger partial charge in [0.25, 0.3) is 0 Å². The minimum atomic E-state index is -1.12. The zero-order chi connectivity index (χ0) is 25.0. The third kappa shape index (κ3) is 4.96. The fourth-order valence-corrected chi connectivity index (χ4v) is 4.27. The number of aryl methyl sites for hydroxylation is 1. The summed E-state index contributed by atoms with van der Waals surface area (Å²) >= 11 is 0. The number of hydrogen-bond donors (Lipinski definition) is 1. The van der Waals surface area contributed by atoms with Gasteiger partial charge in [-0.3, -0.25) is 0 Å². The quantitative estimate of drug-likeness (QED) is 0.296. The zero-order valence-corrected chi connectivity index (χ0v) is 20.1. The van der Waals surface area contributed by atoms with Crippen LogP contribution in [0.15, 0.2) is 77.2 Å². The Bertz CT molecular complexity index is 1340. The molecule has 184 valence electrons. The Morgan fingerprint density at radius 1 is 1.00 bits per heavy atom. The van der Waals surface area contributed by atoms with E-state index in [9.17, 15) is 9.90 Å². The summed E-state index contributed by atoms with van der Waals surface area (Å²) in [5.74, 6) is 1.60. The van der Waals surface area contributed by atoms with E-state index in [1.165, 1.54) is 0 Å². The second kappa shape index (κ2) is 10.2. The Morgan fingerprint density at radius 3 is 2.50 bits per heavy atom. The molecule has 7 heteroatoms. The molecular weight excluding hydrogens is 456 g/mol. The Labute approximate surface area is 209 Å². The average Bonchev–Trinajstić information content (AvgIpc) is 3.30. The lowest BCUT2D eigenvalue weighted by Crippen LogP contribution is -2.50. The number of aliphatic carboxylic acids is 1. The number of carboxylic acids is 1. The first-order valence-electron chi connectivity index (χ1n) is 12.2. The monoisotopic (exact) mass is 484 g/mol. The van der Waals surface area contributed by atoms with E-state index < -0.39 is 11.6 Å². The second-order valence-electron chi connectivity index (χ2n) is 8.85. The summed E-state index contributed by atoms with van der Waals surface area (Å²) < 4.78 is 17.8. The summed E-state index contributed by atoms with van der Waals surface area (Å²) in [4.78, 5) is 21.0. The van der Waals surface area contributed by atoms with Crippen molar-refractivity contribution < 1.29 is 23.8 Å². The third-order valence-corrected chi connectivity index (χ3v) is 6.43. The van der Waals surface area contributed by atoms with E-state index >= 15 is 0 Å². The maximum Gasteiger partial charge on any atom is 0.348 e. The van der Waals surface area contributed by atoms with E-state index in [1.54, 1.807) is 6.07 Å². The molecular formula is C29H28N2O5. The van der Waals surface area contributed by atoms with Crippen LogP contribution in [-0.4, -0.2) is 33.3 Å². The standard InChI is InChI=1S/C29H28N2O5/c1-2-25-24(31-27(35-25)20-9-4-3-5-10-20)15-18-34-26-14-7-13-23(30-26)21-11-6-12-22(19-21)36-29(28(32)33)16-8-17-29/h3-7,9-14,19H,2,8,15-18H2,1H3,(H,32,33). The molecule has 2 aromatic carbocycles. The minimum Gasteiger partial charge on any atom is -0.478 e. The van der Waals surface area contributed by atoms with Gasteiger partial charge in [-0.15, -0.1) is 0 Å². The van der Waals surface area contributed by atoms with Gasteiger partial charge in [-0.05, 0) is 49.6 Å². The highest BCUT2D eigenvalue weighted by Crippen LogP contribution is 2.38. The number of nitrogens with zero attached hydrogens (tertiary/aromatic N) is 2. The molecule has 0 unspecified atom stereocenters. The van der Waals surface area contributed by atoms with Crippen LogP contribution >= 0.6 is 0 Å². The first-order valence-corrected chi connectivity index (χ1v) is 12.2. The Balaban J connectivity index is 1.25. The number of oxazole rings is 1. The van der Waals surface area contributed by atoms with Crippen LogP contribution in [0.2, 0.25) is 0 Å². The van der Waals surface area contributed by atoms with Crippen molar-refractivity contribution in [3.8, 4) is 34.3 Å². The summed E-state index contributed by atoms with van der Waals surface area (Å²) in [5.41, 5.74) is 2.27. The zero-order valence-electron chi connectivity index (χ0n) is 20.1. The minimum absolute atomic E-state index is 0.411. The molecule has 1 aliphatic carbocycles. The van der Waals surface area contributed by atoms with E-state index in [-0.39, 0.29) is 0 Å². The first kappa shape index (κ1) is 23.6. The Hall–Kier alpha value is -4.13. The highest BCUT2D eigenvalue weighted by molar-refractivity contribution is 5.79. The normalized spacial score (nSPS) is 14.1. The van der Waals surface area contributed by atoms with E-state index in [1.807, 2.05) is 73.7 Å². The smallest absolute Gasteiger partial charge is 0.348 e. The van der Waals surface area contributed by atoms with E-state index in [0.717, 1.165) is 41.1 Å². The van der Waals surface area contributed by atoms with Gasteiger partial charge in [0.2, 0.25) is 17.4 Å². The van der Waals surface area contributed by atoms with Crippen LogP contribution in [0.1, 0.15) is 37.6 Å². The summed E-state index contributed by atoms with van der Waals surface area (Å²) in [7, 11) is 0. The lowest BCUT2D eigenvalue weighted by Gasteiger charge is -2.37. The predicted molar refractivity (Wildman–Crippen MR) is 135 cm³/mol. The van der Waals surface area contributed by atoms with Crippen molar-refractivity contribution in [2.24, 2.45) is 0 Å². The van der Waals surface area contributed by atoms with Crippen LogP contribution in [0, 0.1) is 0 Å². The average molecular weight is 485 g/mol. The molecule has 1 N–H and O–H groups in total. The van der Waals surface area contributed by atoms with Crippen molar-refractivity contribution in [1.29, 1.82) is 0 Å². The Kier molecular flexibility index (Phi) is 6.71. The van der Waals surface area contributed by atoms with Crippen LogP contribution in [0.25, 0.3) is 22.7 Å². The molecule has 2 aromatic heterocycles. The number of benzene rings is 2. The topological polar surface area (TPSA) is 94.7 Å². The first-order chi connectivity index (χ1) is 17.6. The molecule has 0 saturated heterocycles. The van der Waals surface area contributed by atoms with Crippen LogP contribution in [0.3, 0.4) is 0 Å². The van der Waals surface area contributed by atoms with E-state index in [4.69, 9.17) is 13.9 Å². The highest BCUT2D eigenvalue weighted by atomic mass is 16.5. The molecule has 1 fully saturated rings. The molecule has 0 radical (unpaired) electrons. The number of ether oxygens (including phenoxy) is 2. The molecule has 1 saturated carbocycles. The molecule has 0 amide bonds. The van der Waals surface area contributed by atoms with Crippen molar-refractivity contribution in [2.45, 2.75) is 44.6 Å². The molecule has 7 nitrogen and oxygen atoms in total. The molecule has 1 aliphatic rings. The van der Waals surface area contributed by atoms with Gasteiger partial charge >= 0.3 is 5.97 Å². The van der Waals surface area contributed by atoms with Crippen molar-refractivity contribution >= 4 is 5.97 Å². The van der Waals surface area contributed by atoms with Crippen molar-refractivity contribution in [3.63, 3.8) is 0 Å². The summed E-state index contributed by atoms with van der Waals surface area (Å²) in [5, 5.41) is 9.56. The second-order valence-corrected chi connectivity index (χ2v) is 8.85. The molecule has 5 rings (SSSR count). The number of hydrogen-bond acceptors (Lipinski definition) is 6. The highest BCUT2D eigenvalue weighted by Gasteiger charge is 2.47. The van der Waals surface area contributed by atoms with Crippen molar-refractivity contribution in [3.05, 3.63) is 84.3 Å². The summed E-state index contributed by atoms with van der Waals surface area (Å²) in [6.07, 6.45) is 3.25. The van der Waals surface area contributed by atoms with Crippen LogP contribution in [0.4, 0.5) is 0 Å². The lowest BCUT2D eigenvalue weighted by molar-refractivity contribution is -0.163. The molecule has 36 heavy (non-hydrogen) atoms. The number of pyridine rings is 1. The summed E-state index contributed by atoms with van der Waals surface area (Å²) in [6, 6.07) is 22.8. The molecule has 0 atom stereocenters. The Morgan fingerprint density at radius 2 is 1.78 bits per heavy atom. The van der Waals surface area contributed by atoms with E-state index in [2.05, 4.69) is 9.97 Å². The largest absolute Gasteiger partial charge is 0.478 e. The molecule has 0 aliphatic heterocycles. The molecule has 2 heterocycles. The number of carboxylic acid groups (broad SMARTS) is 1. The molecule has 0 bridgehead atoms. The predicted octanol–water partition coefficient (Wildman–Crippen LogP) is 5.97. The van der Waals surface area contributed by atoms with Crippen molar-refractivity contribution in [1.82, 2.24) is 9.97 Å². The van der Waals surface area contributed by atoms with Gasteiger partial charge in [0.05, 0.1) is 18.0 Å². The fraction of sp³-hybridized carbons (Fsp3) is 0.276. The third-order valence-electron chi connectivity index (χ3n) is 6.43. The van der Waals surface area contributed by atoms with Gasteiger partial charge in [-0.2, -0.15) is 0 Å². The number of aromatic nitrogens is 2. The van der Waals surface area contributed by atoms with Gasteiger partial charge in [-0.25, -0.2) is 14.8 Å². The van der Waals surface area contributed by atoms with Crippen LogP contribution in [0.5, 0.6) is 11.6 Å². The van der Waals surface area contributed by atoms with Gasteiger partial charge < -0.3 is 19.0 Å². The molecule has 0 spiro atoms. The van der Waals surface area contributed by atoms with Gasteiger partial charge in [0.1, 0.15) is 11.5 Å². The van der Waals surface area contributed by atoms with Gasteiger partial charge in [-0.1, -0.05) is 43.3 Å². The van der Waals surface area contributed by atoms with Crippen molar-refractivity contribution in [2.75, 3.05) is 6.61 Å². The van der Waals surface area contributed by atoms with Crippen LogP contribution in [-0.2, 0) is 17.6 Å². The maximum atomic E-state index is 11.7. The molecule has 4 aromatic rings. The number of rotatable bonds is 10. The van der Waals surface area contributed by atoms with Gasteiger partial charge in [0.15, 0.2) is 0 Å². The van der Waals surface area contributed by atoms with E-state index in [0.29, 0.717) is 43.4 Å². The summed E-state index contributed by atoms with van der Waals surface area (Å²) in [6.45, 7) is 2.46. The fourth-order valence-electron chi connectivity index (χ4n) is 4.27. The van der Waals surface area contributed by atoms with Crippen LogP contribution < -0.4 is 9.47 Å². The SMILES string of the molecule is CCc1oc(-c2ccccc2)nc1CCOc1cccc(-c2cccc(OC3(C(=O)O)CCC3)c2)n1.